The van der Waals surface area contributed by atoms with Crippen LogP contribution in [0.15, 0.2) is 36.6 Å². The first kappa shape index (κ1) is 26.7. The van der Waals surface area contributed by atoms with E-state index in [0.29, 0.717) is 5.70 Å². The van der Waals surface area contributed by atoms with Crippen molar-refractivity contribution in [2.24, 2.45) is 5.41 Å². The first-order chi connectivity index (χ1) is 10.1. The molecular formula is C18H30NO3Ru. The molecule has 0 aliphatic carbocycles. The quantitative estimate of drug-likeness (QED) is 0.355. The average molecular weight is 410 g/mol. The molecule has 5 heteroatoms. The van der Waals surface area contributed by atoms with Crippen molar-refractivity contribution in [2.75, 3.05) is 0 Å². The van der Waals surface area contributed by atoms with E-state index in [1.807, 2.05) is 20.8 Å². The third-order valence-corrected chi connectivity index (χ3v) is 3.30. The normalized spacial score (nSPS) is 11.7. The molecule has 0 N–H and O–H groups in total. The van der Waals surface area contributed by atoms with Crippen molar-refractivity contribution < 1.29 is 33.8 Å². The summed E-state index contributed by atoms with van der Waals surface area (Å²) >= 11 is 0. The minimum atomic E-state index is -0.950. The minimum absolute atomic E-state index is 0. The molecule has 0 aromatic heterocycles. The number of hydrogen-bond donors (Lipinski definition) is 0. The van der Waals surface area contributed by atoms with Crippen LogP contribution in [0.3, 0.4) is 0 Å². The molecule has 0 atom stereocenters. The Morgan fingerprint density at radius 1 is 1.13 bits per heavy atom. The van der Waals surface area contributed by atoms with Gasteiger partial charge in [-0.25, -0.2) is 0 Å². The van der Waals surface area contributed by atoms with Crippen molar-refractivity contribution in [1.29, 1.82) is 0 Å². The summed E-state index contributed by atoms with van der Waals surface area (Å²) in [4.78, 5) is 23.5. The number of carbonyl (C=O) groups excluding carboxylic acids is 2. The zero-order chi connectivity index (χ0) is 18.0. The smallest absolute Gasteiger partial charge is 0.626 e. The maximum atomic E-state index is 12.4. The largest absolute Gasteiger partial charge is 1.00 e. The monoisotopic (exact) mass is 410 g/mol. The fourth-order valence-corrected chi connectivity index (χ4v) is 1.42. The summed E-state index contributed by atoms with van der Waals surface area (Å²) in [6, 6.07) is 0. The number of allylic oxidation sites excluding steroid dienone is 4. The van der Waals surface area contributed by atoms with Gasteiger partial charge < -0.3 is 14.8 Å². The Morgan fingerprint density at radius 2 is 1.61 bits per heavy atom. The number of hydrogen-bond acceptors (Lipinski definition) is 3. The first-order valence-corrected chi connectivity index (χ1v) is 7.49. The van der Waals surface area contributed by atoms with E-state index < -0.39 is 17.0 Å². The van der Waals surface area contributed by atoms with Gasteiger partial charge in [-0.3, -0.25) is 4.79 Å². The van der Waals surface area contributed by atoms with Crippen molar-refractivity contribution in [3.8, 4) is 0 Å². The number of rotatable bonds is 6. The Morgan fingerprint density at radius 3 is 1.96 bits per heavy atom. The summed E-state index contributed by atoms with van der Waals surface area (Å²) in [6.07, 6.45) is 6.72. The number of nitrogens with zero attached hydrogens (tertiary/aromatic N) is 1. The Hall–Kier alpha value is -1.22. The molecule has 1 amide bonds. The molecule has 0 heterocycles. The molecule has 0 aromatic rings. The van der Waals surface area contributed by atoms with Crippen LogP contribution < -0.4 is 0 Å². The molecular weight excluding hydrogens is 379 g/mol. The third kappa shape index (κ3) is 8.85. The van der Waals surface area contributed by atoms with Gasteiger partial charge in [0.1, 0.15) is 5.60 Å². The third-order valence-electron chi connectivity index (χ3n) is 3.30. The van der Waals surface area contributed by atoms with Crippen molar-refractivity contribution in [3.63, 3.8) is 0 Å². The topological polar surface area (TPSA) is 57.5 Å². The van der Waals surface area contributed by atoms with E-state index >= 15 is 0 Å². The second-order valence-electron chi connectivity index (χ2n) is 5.47. The predicted molar refractivity (Wildman–Crippen MR) is 92.4 cm³/mol. The molecule has 133 valence electrons. The van der Waals surface area contributed by atoms with Crippen LogP contribution in [-0.4, -0.2) is 17.5 Å². The van der Waals surface area contributed by atoms with Crippen LogP contribution in [0.2, 0.25) is 0 Å². The van der Waals surface area contributed by atoms with Gasteiger partial charge in [0, 0.05) is 12.3 Å². The summed E-state index contributed by atoms with van der Waals surface area (Å²) in [7, 11) is 0. The van der Waals surface area contributed by atoms with E-state index in [1.54, 1.807) is 52.0 Å². The van der Waals surface area contributed by atoms with Gasteiger partial charge in [0.15, 0.2) is 0 Å². The summed E-state index contributed by atoms with van der Waals surface area (Å²) in [5.41, 5.74) is -1.38. The van der Waals surface area contributed by atoms with Crippen LogP contribution in [0.1, 0.15) is 55.4 Å². The zero-order valence-corrected chi connectivity index (χ0v) is 17.3. The summed E-state index contributed by atoms with van der Waals surface area (Å²) in [6.45, 7) is 17.6. The van der Waals surface area contributed by atoms with Crippen LogP contribution in [0, 0.1) is 5.41 Å². The van der Waals surface area contributed by atoms with E-state index in [-0.39, 0.29) is 25.4 Å². The van der Waals surface area contributed by atoms with E-state index in [9.17, 15) is 9.59 Å². The molecule has 1 radical (unpaired) electrons. The Bertz CT molecular complexity index is 449. The summed E-state index contributed by atoms with van der Waals surface area (Å²) in [5.74, 6) is -0.777. The van der Waals surface area contributed by atoms with E-state index in [4.69, 9.17) is 4.74 Å². The standard InChI is InChI=1S/C16H25NO3.C2H6.Ru/c1-8-10-13(11-9-2)17-14(19)15(4,5)16(6,7)20-12(3)18;1-2;/h8-11H,1H2,2-7H3,(H,17,19);1-2H3;/q;;+1/p-1/b11-9-,13-10+;;. The molecule has 0 unspecified atom stereocenters. The molecule has 23 heavy (non-hydrogen) atoms. The second kappa shape index (κ2) is 12.2. The zero-order valence-electron chi connectivity index (χ0n) is 15.5. The Labute approximate surface area is 154 Å². The number of ether oxygens (including phenoxy) is 1. The van der Waals surface area contributed by atoms with Gasteiger partial charge in [-0.1, -0.05) is 58.6 Å². The number of carbonyl (C=O) groups is 2. The minimum Gasteiger partial charge on any atom is -0.626 e. The van der Waals surface area contributed by atoms with E-state index in [2.05, 4.69) is 11.9 Å². The van der Waals surface area contributed by atoms with Gasteiger partial charge in [0.25, 0.3) is 0 Å². The molecule has 0 saturated carbocycles. The Kier molecular flexibility index (Phi) is 14.2. The molecule has 0 bridgehead atoms. The maximum absolute atomic E-state index is 12.4. The maximum Gasteiger partial charge on any atom is 1.00 e. The molecule has 0 rings (SSSR count). The molecule has 0 aliphatic rings. The molecule has 0 fully saturated rings. The first-order valence-electron chi connectivity index (χ1n) is 7.49. The summed E-state index contributed by atoms with van der Waals surface area (Å²) < 4.78 is 5.25. The van der Waals surface area contributed by atoms with Crippen LogP contribution in [-0.2, 0) is 33.8 Å². The predicted octanol–water partition coefficient (Wildman–Crippen LogP) is 4.92. The second-order valence-corrected chi connectivity index (χ2v) is 5.47. The van der Waals surface area contributed by atoms with Crippen LogP contribution >= 0.6 is 0 Å². The fourth-order valence-electron chi connectivity index (χ4n) is 1.42. The van der Waals surface area contributed by atoms with Crippen molar-refractivity contribution in [2.45, 2.75) is 61.0 Å². The van der Waals surface area contributed by atoms with Crippen LogP contribution in [0.25, 0.3) is 5.32 Å². The SMILES string of the molecule is C=C/C=C(\C=C/C)[N-]C(=O)C(C)(C)C(C)(C)OC(C)=O.CC.[Ru+]. The van der Waals surface area contributed by atoms with Crippen molar-refractivity contribution >= 4 is 11.9 Å². The van der Waals surface area contributed by atoms with E-state index in [1.165, 1.54) is 6.92 Å². The van der Waals surface area contributed by atoms with Gasteiger partial charge >= 0.3 is 25.4 Å². The van der Waals surface area contributed by atoms with Crippen molar-refractivity contribution in [1.82, 2.24) is 0 Å². The molecule has 0 saturated heterocycles. The fraction of sp³-hybridized carbons (Fsp3) is 0.556. The molecule has 0 aromatic carbocycles. The van der Waals surface area contributed by atoms with E-state index in [0.717, 1.165) is 0 Å². The van der Waals surface area contributed by atoms with Gasteiger partial charge in [-0.05, 0) is 20.8 Å². The average Bonchev–Trinajstić information content (AvgIpc) is 2.39. The van der Waals surface area contributed by atoms with Crippen LogP contribution in [0.4, 0.5) is 0 Å². The number of amides is 1. The molecule has 4 nitrogen and oxygen atoms in total. The van der Waals surface area contributed by atoms with Gasteiger partial charge in [-0.2, -0.15) is 0 Å². The summed E-state index contributed by atoms with van der Waals surface area (Å²) in [5, 5.41) is 4.07. The Balaban J connectivity index is -0.00000128. The molecule has 0 aliphatic heterocycles. The van der Waals surface area contributed by atoms with Gasteiger partial charge in [-0.15, -0.1) is 5.70 Å². The van der Waals surface area contributed by atoms with Gasteiger partial charge in [0.2, 0.25) is 0 Å². The van der Waals surface area contributed by atoms with Crippen molar-refractivity contribution in [3.05, 3.63) is 41.9 Å². The van der Waals surface area contributed by atoms with Gasteiger partial charge in [0.05, 0.1) is 5.91 Å². The number of esters is 1. The molecule has 0 spiro atoms. The van der Waals surface area contributed by atoms with Crippen LogP contribution in [0.5, 0.6) is 0 Å².